The maximum Gasteiger partial charge on any atom is 0.262 e. The molecule has 6 nitrogen and oxygen atoms in total. The highest BCUT2D eigenvalue weighted by atomic mass is 32.1. The number of nitriles is 1. The number of amides is 1. The predicted octanol–water partition coefficient (Wildman–Crippen LogP) is 7.51. The molecule has 10 heteroatoms. The second kappa shape index (κ2) is 12.4. The molecular formula is C28H28N2O4S4. The molecule has 198 valence electrons. The highest BCUT2D eigenvalue weighted by Gasteiger charge is 2.19. The molecule has 0 bridgehead atoms. The summed E-state index contributed by atoms with van der Waals surface area (Å²) in [6, 6.07) is 12.7. The van der Waals surface area contributed by atoms with Gasteiger partial charge in [0.05, 0.1) is 13.7 Å². The number of methoxy groups -OCH3 is 3. The highest BCUT2D eigenvalue weighted by Crippen LogP contribution is 2.47. The van der Waals surface area contributed by atoms with E-state index in [1.807, 2.05) is 18.2 Å². The molecule has 4 rings (SSSR count). The molecule has 4 heterocycles. The SMILES string of the molecule is COc1ccc(-c2sc(-c3cc(C)c(-c4sc(/C=C(\C#N)C(=O)NCC(OC)OC)cc4C)s3)cc2C)s1. The molecule has 0 aliphatic heterocycles. The number of ether oxygens (including phenoxy) is 3. The third-order valence-electron chi connectivity index (χ3n) is 5.83. The van der Waals surface area contributed by atoms with Gasteiger partial charge in [-0.25, -0.2) is 0 Å². The average Bonchev–Trinajstić information content (AvgIpc) is 3.69. The largest absolute Gasteiger partial charge is 0.487 e. The van der Waals surface area contributed by atoms with Gasteiger partial charge in [-0.1, -0.05) is 11.3 Å². The van der Waals surface area contributed by atoms with Gasteiger partial charge in [0.2, 0.25) is 0 Å². The van der Waals surface area contributed by atoms with E-state index in [1.54, 1.807) is 58.5 Å². The summed E-state index contributed by atoms with van der Waals surface area (Å²) in [6.45, 7) is 6.50. The van der Waals surface area contributed by atoms with Crippen LogP contribution >= 0.6 is 45.3 Å². The highest BCUT2D eigenvalue weighted by molar-refractivity contribution is 7.29. The Hall–Kier alpha value is -2.78. The molecule has 0 aromatic carbocycles. The first-order valence-corrected chi connectivity index (χ1v) is 15.0. The molecule has 0 saturated heterocycles. The maximum atomic E-state index is 12.5. The van der Waals surface area contributed by atoms with Gasteiger partial charge in [0.15, 0.2) is 11.4 Å². The molecular weight excluding hydrogens is 557 g/mol. The van der Waals surface area contributed by atoms with Crippen LogP contribution in [0.1, 0.15) is 21.6 Å². The number of carbonyl (C=O) groups is 1. The summed E-state index contributed by atoms with van der Waals surface area (Å²) >= 11 is 6.82. The third kappa shape index (κ3) is 6.10. The number of aryl methyl sites for hydroxylation is 3. The van der Waals surface area contributed by atoms with E-state index in [0.29, 0.717) is 0 Å². The van der Waals surface area contributed by atoms with Crippen LogP contribution in [0, 0.1) is 32.1 Å². The lowest BCUT2D eigenvalue weighted by molar-refractivity contribution is -0.123. The lowest BCUT2D eigenvalue weighted by Gasteiger charge is -2.13. The zero-order chi connectivity index (χ0) is 27.4. The van der Waals surface area contributed by atoms with E-state index in [2.05, 4.69) is 44.3 Å². The van der Waals surface area contributed by atoms with E-state index in [4.69, 9.17) is 14.2 Å². The summed E-state index contributed by atoms with van der Waals surface area (Å²) in [6.07, 6.45) is 1.07. The van der Waals surface area contributed by atoms with Gasteiger partial charge >= 0.3 is 0 Å². The number of carbonyl (C=O) groups excluding carboxylic acids is 1. The van der Waals surface area contributed by atoms with Gasteiger partial charge in [0.1, 0.15) is 11.6 Å². The molecule has 0 unspecified atom stereocenters. The van der Waals surface area contributed by atoms with Crippen molar-refractivity contribution in [2.24, 2.45) is 0 Å². The fourth-order valence-corrected chi connectivity index (χ4v) is 8.65. The predicted molar refractivity (Wildman–Crippen MR) is 159 cm³/mol. The number of rotatable bonds is 10. The number of nitrogens with zero attached hydrogens (tertiary/aromatic N) is 1. The van der Waals surface area contributed by atoms with Crippen LogP contribution in [-0.4, -0.2) is 40.1 Å². The fourth-order valence-electron chi connectivity index (χ4n) is 3.86. The standard InChI is InChI=1S/C28H28N2O4S4/c1-15-9-19(12-18(13-29)28(31)30-14-23(32-4)33-5)35-26(15)27-17(3)11-22(38-27)21-10-16(2)25(37-21)20-7-8-24(34-6)36-20/h7-12,23H,14H2,1-6H3,(H,30,31)/b18-12+. The first kappa shape index (κ1) is 28.2. The van der Waals surface area contributed by atoms with Crippen molar-refractivity contribution in [3.05, 3.63) is 57.5 Å². The molecule has 1 amide bonds. The van der Waals surface area contributed by atoms with Crippen molar-refractivity contribution in [1.82, 2.24) is 5.32 Å². The summed E-state index contributed by atoms with van der Waals surface area (Å²) < 4.78 is 15.6. The molecule has 0 atom stereocenters. The Bertz CT molecular complexity index is 1510. The van der Waals surface area contributed by atoms with Crippen molar-refractivity contribution < 1.29 is 19.0 Å². The number of hydrogen-bond acceptors (Lipinski definition) is 9. The van der Waals surface area contributed by atoms with Crippen LogP contribution in [0.5, 0.6) is 5.06 Å². The summed E-state index contributed by atoms with van der Waals surface area (Å²) in [4.78, 5) is 20.7. The minimum Gasteiger partial charge on any atom is -0.487 e. The van der Waals surface area contributed by atoms with Gasteiger partial charge in [0, 0.05) is 48.4 Å². The molecule has 0 radical (unpaired) electrons. The maximum absolute atomic E-state index is 12.5. The molecule has 0 aliphatic carbocycles. The molecule has 0 fully saturated rings. The zero-order valence-electron chi connectivity index (χ0n) is 22.0. The van der Waals surface area contributed by atoms with E-state index in [-0.39, 0.29) is 12.1 Å². The van der Waals surface area contributed by atoms with Crippen molar-refractivity contribution in [2.45, 2.75) is 27.1 Å². The number of nitrogens with one attached hydrogen (secondary N) is 1. The summed E-state index contributed by atoms with van der Waals surface area (Å²) in [5, 5.41) is 13.2. The topological polar surface area (TPSA) is 80.6 Å². The molecule has 4 aromatic rings. The second-order valence-electron chi connectivity index (χ2n) is 8.51. The van der Waals surface area contributed by atoms with E-state index >= 15 is 0 Å². The molecule has 0 spiro atoms. The van der Waals surface area contributed by atoms with E-state index in [1.165, 1.54) is 49.7 Å². The second-order valence-corrected chi connectivity index (χ2v) is 12.7. The Morgan fingerprint density at radius 3 is 2.11 bits per heavy atom. The summed E-state index contributed by atoms with van der Waals surface area (Å²) in [7, 11) is 4.69. The van der Waals surface area contributed by atoms with Crippen molar-refractivity contribution in [3.63, 3.8) is 0 Å². The van der Waals surface area contributed by atoms with Crippen LogP contribution in [0.25, 0.3) is 35.3 Å². The Labute approximate surface area is 238 Å². The van der Waals surface area contributed by atoms with Crippen molar-refractivity contribution in [1.29, 1.82) is 5.26 Å². The monoisotopic (exact) mass is 584 g/mol. The van der Waals surface area contributed by atoms with Gasteiger partial charge in [-0.05, 0) is 73.9 Å². The van der Waals surface area contributed by atoms with Crippen LogP contribution in [0.3, 0.4) is 0 Å². The van der Waals surface area contributed by atoms with Gasteiger partial charge in [-0.2, -0.15) is 5.26 Å². The van der Waals surface area contributed by atoms with E-state index in [9.17, 15) is 10.1 Å². The summed E-state index contributed by atoms with van der Waals surface area (Å²) in [5.41, 5.74) is 3.62. The van der Waals surface area contributed by atoms with Crippen LogP contribution < -0.4 is 10.1 Å². The van der Waals surface area contributed by atoms with Crippen molar-refractivity contribution in [3.8, 4) is 40.4 Å². The normalized spacial score (nSPS) is 11.7. The molecule has 4 aromatic heterocycles. The fraction of sp³-hybridized carbons (Fsp3) is 0.286. The lowest BCUT2D eigenvalue weighted by Crippen LogP contribution is -2.34. The van der Waals surface area contributed by atoms with Gasteiger partial charge in [-0.3, -0.25) is 4.79 Å². The Morgan fingerprint density at radius 2 is 1.50 bits per heavy atom. The van der Waals surface area contributed by atoms with E-state index < -0.39 is 12.2 Å². The first-order valence-electron chi connectivity index (χ1n) is 11.7. The Balaban J connectivity index is 1.58. The molecule has 0 saturated carbocycles. The molecule has 1 N–H and O–H groups in total. The zero-order valence-corrected chi connectivity index (χ0v) is 25.2. The Kier molecular flexibility index (Phi) is 9.20. The van der Waals surface area contributed by atoms with Gasteiger partial charge in [0.25, 0.3) is 5.91 Å². The van der Waals surface area contributed by atoms with Crippen molar-refractivity contribution in [2.75, 3.05) is 27.9 Å². The average molecular weight is 585 g/mol. The minimum atomic E-state index is -0.568. The van der Waals surface area contributed by atoms with Gasteiger partial charge < -0.3 is 19.5 Å². The Morgan fingerprint density at radius 1 is 0.895 bits per heavy atom. The van der Waals surface area contributed by atoms with Crippen LogP contribution in [-0.2, 0) is 14.3 Å². The lowest BCUT2D eigenvalue weighted by atomic mass is 10.1. The summed E-state index contributed by atoms with van der Waals surface area (Å²) in [5.74, 6) is -0.457. The molecule has 38 heavy (non-hydrogen) atoms. The van der Waals surface area contributed by atoms with Gasteiger partial charge in [-0.15, -0.1) is 34.0 Å². The quantitative estimate of drug-likeness (QED) is 0.119. The smallest absolute Gasteiger partial charge is 0.262 e. The number of hydrogen-bond donors (Lipinski definition) is 1. The van der Waals surface area contributed by atoms with Crippen LogP contribution in [0.15, 0.2) is 35.9 Å². The van der Waals surface area contributed by atoms with Crippen LogP contribution in [0.4, 0.5) is 0 Å². The third-order valence-corrected chi connectivity index (χ3v) is 11.1. The minimum absolute atomic E-state index is 0.0409. The van der Waals surface area contributed by atoms with Crippen molar-refractivity contribution >= 4 is 57.3 Å². The first-order chi connectivity index (χ1) is 18.3. The number of thiophene rings is 4. The van der Waals surface area contributed by atoms with Crippen LogP contribution in [0.2, 0.25) is 0 Å². The molecule has 0 aliphatic rings. The van der Waals surface area contributed by atoms with E-state index in [0.717, 1.165) is 20.4 Å².